The van der Waals surface area contributed by atoms with Crippen molar-refractivity contribution in [3.05, 3.63) is 235 Å². The summed E-state index contributed by atoms with van der Waals surface area (Å²) in [7, 11) is 0. The lowest BCUT2D eigenvalue weighted by atomic mass is 9.67. The van der Waals surface area contributed by atoms with Gasteiger partial charge in [0.15, 0.2) is 0 Å². The quantitative estimate of drug-likeness (QED) is 0.172. The maximum atomic E-state index is 6.57. The number of para-hydroxylation sites is 1. The van der Waals surface area contributed by atoms with E-state index >= 15 is 0 Å². The molecule has 11 rings (SSSR count). The van der Waals surface area contributed by atoms with E-state index in [9.17, 15) is 0 Å². The summed E-state index contributed by atoms with van der Waals surface area (Å²) in [5.41, 5.74) is 14.6. The lowest BCUT2D eigenvalue weighted by Gasteiger charge is -2.35. The molecular formula is C53H35NO. The predicted molar refractivity (Wildman–Crippen MR) is 229 cm³/mol. The molecule has 0 saturated carbocycles. The monoisotopic (exact) mass is 701 g/mol. The molecule has 0 unspecified atom stereocenters. The molecule has 0 spiro atoms. The number of anilines is 3. The summed E-state index contributed by atoms with van der Waals surface area (Å²) in [5.74, 6) is 0. The Morgan fingerprint density at radius 3 is 1.69 bits per heavy atom. The zero-order valence-electron chi connectivity index (χ0n) is 30.1. The van der Waals surface area contributed by atoms with E-state index in [1.807, 2.05) is 6.07 Å². The fraction of sp³-hybridized carbons (Fsp3) is 0.0189. The number of hydrogen-bond acceptors (Lipinski definition) is 2. The molecule has 1 aromatic heterocycles. The van der Waals surface area contributed by atoms with Crippen LogP contribution in [0, 0.1) is 0 Å². The number of rotatable bonds is 6. The molecule has 55 heavy (non-hydrogen) atoms. The minimum Gasteiger partial charge on any atom is -0.455 e. The minimum absolute atomic E-state index is 0.507. The standard InChI is InChI=1S/C53H35NO/c1-3-15-36(16-4-1)37-29-31-40(32-30-37)54(50-27-14-24-46-44(50)33-34-47-45-23-9-12-28-51(45)55-52(46)47)41-20-13-19-39(35-41)53(38-17-5-2-6-18-38)48-25-10-7-21-42(48)43-22-8-11-26-49(43)53/h1-35H. The van der Waals surface area contributed by atoms with Crippen molar-refractivity contribution >= 4 is 49.8 Å². The SMILES string of the molecule is c1ccc(-c2ccc(N(c3cccc(C4(c5ccccc5)c5ccccc5-c5ccccc54)c3)c3cccc4c3ccc3c5ccccc5oc43)cc2)cc1. The van der Waals surface area contributed by atoms with Gasteiger partial charge in [-0.25, -0.2) is 0 Å². The van der Waals surface area contributed by atoms with Crippen LogP contribution in [0.5, 0.6) is 0 Å². The van der Waals surface area contributed by atoms with Crippen molar-refractivity contribution in [2.75, 3.05) is 4.90 Å². The zero-order valence-corrected chi connectivity index (χ0v) is 30.1. The van der Waals surface area contributed by atoms with Gasteiger partial charge in [-0.2, -0.15) is 0 Å². The molecule has 2 heteroatoms. The summed E-state index contributed by atoms with van der Waals surface area (Å²) in [6, 6.07) is 77.0. The van der Waals surface area contributed by atoms with Gasteiger partial charge in [-0.05, 0) is 87.0 Å². The van der Waals surface area contributed by atoms with Gasteiger partial charge >= 0.3 is 0 Å². The molecule has 2 nitrogen and oxygen atoms in total. The molecule has 0 fully saturated rings. The summed E-state index contributed by atoms with van der Waals surface area (Å²) in [5, 5.41) is 4.48. The van der Waals surface area contributed by atoms with Crippen LogP contribution in [0.2, 0.25) is 0 Å². The maximum Gasteiger partial charge on any atom is 0.143 e. The van der Waals surface area contributed by atoms with Crippen LogP contribution in [0.1, 0.15) is 22.3 Å². The van der Waals surface area contributed by atoms with Crippen molar-refractivity contribution in [3.8, 4) is 22.3 Å². The second kappa shape index (κ2) is 12.5. The van der Waals surface area contributed by atoms with Crippen molar-refractivity contribution in [2.24, 2.45) is 0 Å². The van der Waals surface area contributed by atoms with Gasteiger partial charge in [0, 0.05) is 32.9 Å². The Labute approximate surface area is 320 Å². The van der Waals surface area contributed by atoms with Crippen LogP contribution in [-0.4, -0.2) is 0 Å². The van der Waals surface area contributed by atoms with Crippen LogP contribution in [0.15, 0.2) is 217 Å². The van der Waals surface area contributed by atoms with Crippen molar-refractivity contribution < 1.29 is 4.42 Å². The maximum absolute atomic E-state index is 6.57. The van der Waals surface area contributed by atoms with E-state index in [1.165, 1.54) is 44.5 Å². The Bertz CT molecular complexity index is 2990. The molecule has 0 atom stereocenters. The number of benzene rings is 9. The highest BCUT2D eigenvalue weighted by molar-refractivity contribution is 6.17. The molecule has 258 valence electrons. The van der Waals surface area contributed by atoms with Crippen molar-refractivity contribution in [2.45, 2.75) is 5.41 Å². The Kier molecular flexibility index (Phi) is 7.11. The topological polar surface area (TPSA) is 16.4 Å². The van der Waals surface area contributed by atoms with E-state index in [2.05, 4.69) is 211 Å². The molecule has 0 N–H and O–H groups in total. The van der Waals surface area contributed by atoms with E-state index in [4.69, 9.17) is 4.42 Å². The van der Waals surface area contributed by atoms with E-state index in [1.54, 1.807) is 0 Å². The van der Waals surface area contributed by atoms with E-state index in [-0.39, 0.29) is 0 Å². The molecule has 0 aliphatic heterocycles. The predicted octanol–water partition coefficient (Wildman–Crippen LogP) is 14.2. The number of furan rings is 1. The summed E-state index contributed by atoms with van der Waals surface area (Å²) < 4.78 is 6.57. The van der Waals surface area contributed by atoms with E-state index < -0.39 is 5.41 Å². The average molecular weight is 702 g/mol. The first-order valence-corrected chi connectivity index (χ1v) is 18.9. The second-order valence-electron chi connectivity index (χ2n) is 14.4. The van der Waals surface area contributed by atoms with E-state index in [0.29, 0.717) is 0 Å². The second-order valence-corrected chi connectivity index (χ2v) is 14.4. The molecule has 0 bridgehead atoms. The molecule has 0 radical (unpaired) electrons. The van der Waals surface area contributed by atoms with Gasteiger partial charge in [0.05, 0.1) is 11.1 Å². The molecule has 1 aliphatic rings. The Morgan fingerprint density at radius 1 is 0.364 bits per heavy atom. The number of fused-ring (bicyclic) bond motifs is 8. The first-order valence-electron chi connectivity index (χ1n) is 18.9. The highest BCUT2D eigenvalue weighted by Crippen LogP contribution is 2.56. The molecular weight excluding hydrogens is 667 g/mol. The van der Waals surface area contributed by atoms with Crippen LogP contribution in [0.3, 0.4) is 0 Å². The highest BCUT2D eigenvalue weighted by Gasteiger charge is 2.46. The van der Waals surface area contributed by atoms with Crippen LogP contribution < -0.4 is 4.90 Å². The summed E-state index contributed by atoms with van der Waals surface area (Å²) in [4.78, 5) is 2.42. The van der Waals surface area contributed by atoms with Crippen molar-refractivity contribution in [3.63, 3.8) is 0 Å². The zero-order chi connectivity index (χ0) is 36.3. The molecule has 0 saturated heterocycles. The third-order valence-corrected chi connectivity index (χ3v) is 11.5. The largest absolute Gasteiger partial charge is 0.455 e. The minimum atomic E-state index is -0.507. The Morgan fingerprint density at radius 2 is 0.927 bits per heavy atom. The smallest absolute Gasteiger partial charge is 0.143 e. The fourth-order valence-corrected chi connectivity index (χ4v) is 9.17. The summed E-state index contributed by atoms with van der Waals surface area (Å²) in [6.07, 6.45) is 0. The van der Waals surface area contributed by atoms with Crippen LogP contribution >= 0.6 is 0 Å². The van der Waals surface area contributed by atoms with Crippen LogP contribution in [0.4, 0.5) is 17.1 Å². The molecule has 9 aromatic carbocycles. The third kappa shape index (κ3) is 4.75. The average Bonchev–Trinajstić information content (AvgIpc) is 3.79. The molecule has 0 amide bonds. The lowest BCUT2D eigenvalue weighted by Crippen LogP contribution is -2.28. The number of hydrogen-bond donors (Lipinski definition) is 0. The van der Waals surface area contributed by atoms with Gasteiger partial charge in [-0.15, -0.1) is 0 Å². The van der Waals surface area contributed by atoms with Crippen molar-refractivity contribution in [1.29, 1.82) is 0 Å². The summed E-state index contributed by atoms with van der Waals surface area (Å²) >= 11 is 0. The fourth-order valence-electron chi connectivity index (χ4n) is 9.17. The lowest BCUT2D eigenvalue weighted by molar-refractivity contribution is 0.672. The highest BCUT2D eigenvalue weighted by atomic mass is 16.3. The first kappa shape index (κ1) is 31.4. The summed E-state index contributed by atoms with van der Waals surface area (Å²) in [6.45, 7) is 0. The van der Waals surface area contributed by atoms with Gasteiger partial charge in [-0.1, -0.05) is 170 Å². The van der Waals surface area contributed by atoms with Crippen molar-refractivity contribution in [1.82, 2.24) is 0 Å². The Hall–Kier alpha value is -7.16. The van der Waals surface area contributed by atoms with Gasteiger partial charge in [0.25, 0.3) is 0 Å². The van der Waals surface area contributed by atoms with Crippen LogP contribution in [-0.2, 0) is 5.41 Å². The molecule has 1 heterocycles. The third-order valence-electron chi connectivity index (χ3n) is 11.5. The Balaban J connectivity index is 1.17. The van der Waals surface area contributed by atoms with E-state index in [0.717, 1.165) is 49.8 Å². The van der Waals surface area contributed by atoms with Gasteiger partial charge in [-0.3, -0.25) is 0 Å². The van der Waals surface area contributed by atoms with Crippen LogP contribution in [0.25, 0.3) is 55.0 Å². The molecule has 10 aromatic rings. The van der Waals surface area contributed by atoms with Gasteiger partial charge in [0.1, 0.15) is 11.2 Å². The normalized spacial score (nSPS) is 12.9. The number of nitrogens with zero attached hydrogens (tertiary/aromatic N) is 1. The van der Waals surface area contributed by atoms with Gasteiger partial charge < -0.3 is 9.32 Å². The first-order chi connectivity index (χ1) is 27.3. The van der Waals surface area contributed by atoms with Gasteiger partial charge in [0.2, 0.25) is 0 Å². The molecule has 1 aliphatic carbocycles.